The number of aromatic nitrogens is 1. The van der Waals surface area contributed by atoms with Gasteiger partial charge in [0.1, 0.15) is 12.4 Å². The number of guanidine groups is 1. The van der Waals surface area contributed by atoms with Crippen molar-refractivity contribution in [2.24, 2.45) is 4.99 Å². The van der Waals surface area contributed by atoms with E-state index in [9.17, 15) is 0 Å². The van der Waals surface area contributed by atoms with E-state index in [1.54, 1.807) is 26.6 Å². The van der Waals surface area contributed by atoms with E-state index >= 15 is 0 Å². The number of likely N-dealkylation sites (N-methyl/N-ethyl adjacent to an activating group) is 1. The Balaban J connectivity index is 0.00000420. The van der Waals surface area contributed by atoms with Crippen LogP contribution >= 0.6 is 24.0 Å². The summed E-state index contributed by atoms with van der Waals surface area (Å²) in [5.74, 6) is 3.10. The van der Waals surface area contributed by atoms with Crippen molar-refractivity contribution < 1.29 is 14.2 Å². The van der Waals surface area contributed by atoms with E-state index in [-0.39, 0.29) is 24.0 Å². The van der Waals surface area contributed by atoms with Crippen LogP contribution in [0.15, 0.2) is 47.7 Å². The van der Waals surface area contributed by atoms with Crippen molar-refractivity contribution >= 4 is 29.9 Å². The van der Waals surface area contributed by atoms with Crippen LogP contribution in [0, 0.1) is 0 Å². The van der Waals surface area contributed by atoms with E-state index in [0.717, 1.165) is 42.7 Å². The van der Waals surface area contributed by atoms with E-state index in [1.807, 2.05) is 31.3 Å². The molecule has 0 amide bonds. The van der Waals surface area contributed by atoms with Crippen molar-refractivity contribution in [3.8, 4) is 17.2 Å². The number of halogens is 1. The summed E-state index contributed by atoms with van der Waals surface area (Å²) in [5, 5.41) is 3.32. The summed E-state index contributed by atoms with van der Waals surface area (Å²) in [4.78, 5) is 10.8. The Morgan fingerprint density at radius 2 is 1.97 bits per heavy atom. The minimum absolute atomic E-state index is 0. The first-order valence-corrected chi connectivity index (χ1v) is 9.41. The quantitative estimate of drug-likeness (QED) is 0.227. The molecule has 0 aliphatic carbocycles. The molecular weight excluding hydrogens is 483 g/mol. The maximum atomic E-state index is 5.65. The third-order valence-electron chi connectivity index (χ3n) is 4.14. The van der Waals surface area contributed by atoms with Gasteiger partial charge in [-0.25, -0.2) is 4.99 Å². The fourth-order valence-electron chi connectivity index (χ4n) is 2.66. The molecule has 8 heteroatoms. The summed E-state index contributed by atoms with van der Waals surface area (Å²) in [6.07, 6.45) is 4.29. The van der Waals surface area contributed by atoms with E-state index in [0.29, 0.717) is 13.2 Å². The molecule has 1 aromatic carbocycles. The van der Waals surface area contributed by atoms with Crippen molar-refractivity contribution in [2.75, 3.05) is 47.5 Å². The lowest BCUT2D eigenvalue weighted by molar-refractivity contribution is 0.326. The average molecular weight is 514 g/mol. The smallest absolute Gasteiger partial charge is 0.193 e. The minimum atomic E-state index is 0. The topological polar surface area (TPSA) is 68.2 Å². The minimum Gasteiger partial charge on any atom is -0.493 e. The number of nitrogens with zero attached hydrogens (tertiary/aromatic N) is 3. The standard InChI is InChI=1S/C21H30N4O3.HI/c1-5-23-21(24-12-14-28-18-7-6-11-22-16-18)25(2)13-10-17-8-9-19(26-3)20(15-17)27-4;/h6-9,11,15-16H,5,10,12-14H2,1-4H3,(H,23,24);1H. The Hall–Kier alpha value is -2.23. The number of methoxy groups -OCH3 is 2. The molecule has 0 fully saturated rings. The molecule has 1 aromatic heterocycles. The number of pyridine rings is 1. The van der Waals surface area contributed by atoms with Crippen LogP contribution in [0.4, 0.5) is 0 Å². The summed E-state index contributed by atoms with van der Waals surface area (Å²) in [5.41, 5.74) is 1.18. The van der Waals surface area contributed by atoms with Gasteiger partial charge in [-0.05, 0) is 43.2 Å². The normalized spacial score (nSPS) is 10.7. The molecule has 0 aliphatic heterocycles. The molecule has 0 aliphatic rings. The molecule has 7 nitrogen and oxygen atoms in total. The first kappa shape index (κ1) is 24.8. The van der Waals surface area contributed by atoms with Gasteiger partial charge in [0.05, 0.1) is 27.0 Å². The molecular formula is C21H31IN4O3. The number of hydrogen-bond acceptors (Lipinski definition) is 5. The first-order chi connectivity index (χ1) is 13.7. The van der Waals surface area contributed by atoms with Gasteiger partial charge in [-0.3, -0.25) is 4.98 Å². The van der Waals surface area contributed by atoms with Gasteiger partial charge in [0.15, 0.2) is 17.5 Å². The summed E-state index contributed by atoms with van der Waals surface area (Å²) >= 11 is 0. The van der Waals surface area contributed by atoms with Crippen LogP contribution in [0.5, 0.6) is 17.2 Å². The number of rotatable bonds is 10. The monoisotopic (exact) mass is 514 g/mol. The summed E-state index contributed by atoms with van der Waals surface area (Å²) in [6, 6.07) is 9.74. The third kappa shape index (κ3) is 8.35. The van der Waals surface area contributed by atoms with Crippen molar-refractivity contribution in [1.29, 1.82) is 0 Å². The van der Waals surface area contributed by atoms with Crippen LogP contribution in [0.25, 0.3) is 0 Å². The number of aliphatic imine (C=N–C) groups is 1. The van der Waals surface area contributed by atoms with E-state index < -0.39 is 0 Å². The van der Waals surface area contributed by atoms with Crippen molar-refractivity contribution in [2.45, 2.75) is 13.3 Å². The van der Waals surface area contributed by atoms with Crippen LogP contribution in [0.1, 0.15) is 12.5 Å². The number of benzene rings is 1. The molecule has 1 heterocycles. The van der Waals surface area contributed by atoms with Gasteiger partial charge < -0.3 is 24.4 Å². The predicted molar refractivity (Wildman–Crippen MR) is 127 cm³/mol. The lowest BCUT2D eigenvalue weighted by Gasteiger charge is -2.22. The highest BCUT2D eigenvalue weighted by molar-refractivity contribution is 14.0. The van der Waals surface area contributed by atoms with Gasteiger partial charge in [0, 0.05) is 26.3 Å². The van der Waals surface area contributed by atoms with Crippen LogP contribution < -0.4 is 19.5 Å². The van der Waals surface area contributed by atoms with Crippen molar-refractivity contribution in [1.82, 2.24) is 15.2 Å². The fourth-order valence-corrected chi connectivity index (χ4v) is 2.66. The zero-order valence-corrected chi connectivity index (χ0v) is 19.9. The SMILES string of the molecule is CCNC(=NCCOc1cccnc1)N(C)CCc1ccc(OC)c(OC)c1.I. The molecule has 2 rings (SSSR count). The Morgan fingerprint density at radius 3 is 2.62 bits per heavy atom. The Kier molecular flexibility index (Phi) is 11.9. The number of hydrogen-bond donors (Lipinski definition) is 1. The van der Waals surface area contributed by atoms with Crippen LogP contribution in [0.3, 0.4) is 0 Å². The fraction of sp³-hybridized carbons (Fsp3) is 0.429. The molecule has 160 valence electrons. The lowest BCUT2D eigenvalue weighted by Crippen LogP contribution is -2.40. The number of ether oxygens (including phenoxy) is 3. The summed E-state index contributed by atoms with van der Waals surface area (Å²) in [6.45, 7) is 4.76. The predicted octanol–water partition coefficient (Wildman–Crippen LogP) is 3.24. The molecule has 2 aromatic rings. The molecule has 29 heavy (non-hydrogen) atoms. The second kappa shape index (κ2) is 13.9. The van der Waals surface area contributed by atoms with Gasteiger partial charge >= 0.3 is 0 Å². The van der Waals surface area contributed by atoms with Crippen LogP contribution in [-0.4, -0.2) is 63.4 Å². The molecule has 0 saturated carbocycles. The van der Waals surface area contributed by atoms with Crippen molar-refractivity contribution in [3.63, 3.8) is 0 Å². The zero-order valence-electron chi connectivity index (χ0n) is 17.6. The Morgan fingerprint density at radius 1 is 1.17 bits per heavy atom. The van der Waals surface area contributed by atoms with Crippen LogP contribution in [-0.2, 0) is 6.42 Å². The highest BCUT2D eigenvalue weighted by Gasteiger charge is 2.08. The van der Waals surface area contributed by atoms with E-state index in [1.165, 1.54) is 5.56 Å². The van der Waals surface area contributed by atoms with Gasteiger partial charge in [-0.15, -0.1) is 24.0 Å². The second-order valence-electron chi connectivity index (χ2n) is 6.13. The third-order valence-corrected chi connectivity index (χ3v) is 4.14. The Labute approximate surface area is 190 Å². The van der Waals surface area contributed by atoms with E-state index in [4.69, 9.17) is 14.2 Å². The largest absolute Gasteiger partial charge is 0.493 e. The van der Waals surface area contributed by atoms with Crippen molar-refractivity contribution in [3.05, 3.63) is 48.3 Å². The van der Waals surface area contributed by atoms with Crippen LogP contribution in [0.2, 0.25) is 0 Å². The first-order valence-electron chi connectivity index (χ1n) is 9.41. The van der Waals surface area contributed by atoms with Gasteiger partial charge in [0.2, 0.25) is 0 Å². The van der Waals surface area contributed by atoms with Gasteiger partial charge in [-0.2, -0.15) is 0 Å². The average Bonchev–Trinajstić information content (AvgIpc) is 2.74. The number of nitrogens with one attached hydrogen (secondary N) is 1. The molecule has 0 bridgehead atoms. The summed E-state index contributed by atoms with van der Waals surface area (Å²) in [7, 11) is 5.32. The van der Waals surface area contributed by atoms with Gasteiger partial charge in [-0.1, -0.05) is 6.07 Å². The molecule has 0 spiro atoms. The van der Waals surface area contributed by atoms with E-state index in [2.05, 4.69) is 33.2 Å². The Bertz CT molecular complexity index is 744. The lowest BCUT2D eigenvalue weighted by atomic mass is 10.1. The summed E-state index contributed by atoms with van der Waals surface area (Å²) < 4.78 is 16.3. The molecule has 0 atom stereocenters. The maximum absolute atomic E-state index is 5.65. The molecule has 0 radical (unpaired) electrons. The molecule has 0 unspecified atom stereocenters. The highest BCUT2D eigenvalue weighted by Crippen LogP contribution is 2.27. The molecule has 0 saturated heterocycles. The van der Waals surface area contributed by atoms with Gasteiger partial charge in [0.25, 0.3) is 0 Å². The maximum Gasteiger partial charge on any atom is 0.193 e. The highest BCUT2D eigenvalue weighted by atomic mass is 127. The second-order valence-corrected chi connectivity index (χ2v) is 6.13. The molecule has 1 N–H and O–H groups in total. The zero-order chi connectivity index (χ0) is 20.2.